The van der Waals surface area contributed by atoms with Gasteiger partial charge in [-0.3, -0.25) is 4.79 Å². The second kappa shape index (κ2) is 5.53. The third-order valence-electron chi connectivity index (χ3n) is 5.13. The highest BCUT2D eigenvalue weighted by atomic mass is 16.5. The number of hydrogen-bond donors (Lipinski definition) is 2. The van der Waals surface area contributed by atoms with Gasteiger partial charge in [0.1, 0.15) is 11.5 Å². The molecule has 0 aromatic heterocycles. The van der Waals surface area contributed by atoms with Gasteiger partial charge in [-0.15, -0.1) is 0 Å². The number of para-hydroxylation sites is 1. The average Bonchev–Trinajstić information content (AvgIpc) is 3.18. The van der Waals surface area contributed by atoms with Gasteiger partial charge in [-0.25, -0.2) is 0 Å². The third kappa shape index (κ3) is 2.01. The summed E-state index contributed by atoms with van der Waals surface area (Å²) in [7, 11) is 3.27. The van der Waals surface area contributed by atoms with Crippen LogP contribution in [0.15, 0.2) is 42.5 Å². The molecule has 2 aromatic carbocycles. The highest BCUT2D eigenvalue weighted by molar-refractivity contribution is 6.07. The number of carbonyl (C=O) groups excluding carboxylic acids is 1. The molecular weight excluding hydrogens is 304 g/mol. The number of nitrogens with one attached hydrogen (secondary N) is 2. The van der Waals surface area contributed by atoms with E-state index in [0.29, 0.717) is 0 Å². The Kier molecular flexibility index (Phi) is 3.46. The molecule has 5 nitrogen and oxygen atoms in total. The fourth-order valence-electron chi connectivity index (χ4n) is 4.00. The van der Waals surface area contributed by atoms with E-state index in [1.54, 1.807) is 14.2 Å². The molecule has 0 bridgehead atoms. The summed E-state index contributed by atoms with van der Waals surface area (Å²) < 4.78 is 10.8. The minimum atomic E-state index is -0.589. The largest absolute Gasteiger partial charge is 0.497 e. The van der Waals surface area contributed by atoms with E-state index < -0.39 is 5.41 Å². The molecule has 0 radical (unpaired) electrons. The maximum absolute atomic E-state index is 12.9. The SMILES string of the molecule is COc1cc(OC)cc([C@H]2NCC[C@@]23C(=O)Nc2ccccc23)c1. The van der Waals surface area contributed by atoms with Crippen LogP contribution in [0.4, 0.5) is 5.69 Å². The lowest BCUT2D eigenvalue weighted by molar-refractivity contribution is -0.121. The molecule has 1 spiro atoms. The molecule has 124 valence electrons. The first kappa shape index (κ1) is 15.0. The summed E-state index contributed by atoms with van der Waals surface area (Å²) in [6, 6.07) is 13.6. The Morgan fingerprint density at radius 3 is 2.50 bits per heavy atom. The van der Waals surface area contributed by atoms with Crippen molar-refractivity contribution < 1.29 is 14.3 Å². The number of benzene rings is 2. The molecule has 4 rings (SSSR count). The number of rotatable bonds is 3. The standard InChI is InChI=1S/C19H20N2O3/c1-23-13-9-12(10-14(11-13)24-2)17-19(7-8-20-17)15-5-3-4-6-16(15)21-18(19)22/h3-6,9-11,17,20H,7-8H2,1-2H3,(H,21,22)/t17-,19+/m1/s1. The molecule has 2 aromatic rings. The topological polar surface area (TPSA) is 59.6 Å². The molecular formula is C19H20N2O3. The van der Waals surface area contributed by atoms with Crippen molar-refractivity contribution in [2.24, 2.45) is 0 Å². The first-order valence-electron chi connectivity index (χ1n) is 8.06. The van der Waals surface area contributed by atoms with Gasteiger partial charge in [0.2, 0.25) is 5.91 Å². The van der Waals surface area contributed by atoms with Crippen LogP contribution in [0.25, 0.3) is 0 Å². The van der Waals surface area contributed by atoms with E-state index in [1.165, 1.54) is 0 Å². The Hall–Kier alpha value is -2.53. The third-order valence-corrected chi connectivity index (χ3v) is 5.13. The van der Waals surface area contributed by atoms with Gasteiger partial charge in [0.25, 0.3) is 0 Å². The van der Waals surface area contributed by atoms with Crippen molar-refractivity contribution in [1.29, 1.82) is 0 Å². The van der Waals surface area contributed by atoms with Crippen LogP contribution in [-0.2, 0) is 10.2 Å². The number of amides is 1. The molecule has 0 unspecified atom stereocenters. The van der Waals surface area contributed by atoms with E-state index >= 15 is 0 Å². The van der Waals surface area contributed by atoms with Gasteiger partial charge in [-0.05, 0) is 42.3 Å². The monoisotopic (exact) mass is 324 g/mol. The first-order chi connectivity index (χ1) is 11.7. The van der Waals surface area contributed by atoms with Crippen LogP contribution in [0.3, 0.4) is 0 Å². The Bertz CT molecular complexity index is 783. The molecule has 2 aliphatic heterocycles. The fraction of sp³-hybridized carbons (Fsp3) is 0.316. The van der Waals surface area contributed by atoms with Crippen LogP contribution < -0.4 is 20.1 Å². The lowest BCUT2D eigenvalue weighted by Gasteiger charge is -2.30. The quantitative estimate of drug-likeness (QED) is 0.911. The molecule has 2 heterocycles. The molecule has 2 atom stereocenters. The van der Waals surface area contributed by atoms with Gasteiger partial charge >= 0.3 is 0 Å². The van der Waals surface area contributed by atoms with E-state index in [1.807, 2.05) is 42.5 Å². The predicted molar refractivity (Wildman–Crippen MR) is 91.7 cm³/mol. The Morgan fingerprint density at radius 2 is 1.79 bits per heavy atom. The van der Waals surface area contributed by atoms with Crippen LogP contribution in [-0.4, -0.2) is 26.7 Å². The van der Waals surface area contributed by atoms with Gasteiger partial charge in [0.05, 0.1) is 25.7 Å². The highest BCUT2D eigenvalue weighted by Crippen LogP contribution is 2.51. The molecule has 1 fully saturated rings. The lowest BCUT2D eigenvalue weighted by atomic mass is 9.73. The molecule has 5 heteroatoms. The molecule has 24 heavy (non-hydrogen) atoms. The maximum atomic E-state index is 12.9. The number of anilines is 1. The fourth-order valence-corrected chi connectivity index (χ4v) is 4.00. The zero-order valence-electron chi connectivity index (χ0n) is 13.8. The smallest absolute Gasteiger partial charge is 0.237 e. The zero-order chi connectivity index (χ0) is 16.7. The lowest BCUT2D eigenvalue weighted by Crippen LogP contribution is -2.39. The molecule has 2 aliphatic rings. The van der Waals surface area contributed by atoms with Crippen molar-refractivity contribution in [3.63, 3.8) is 0 Å². The van der Waals surface area contributed by atoms with Crippen molar-refractivity contribution in [3.8, 4) is 11.5 Å². The van der Waals surface area contributed by atoms with Gasteiger partial charge < -0.3 is 20.1 Å². The van der Waals surface area contributed by atoms with E-state index in [2.05, 4.69) is 10.6 Å². The summed E-state index contributed by atoms with van der Waals surface area (Å²) in [6.07, 6.45) is 0.764. The molecule has 0 saturated carbocycles. The van der Waals surface area contributed by atoms with Gasteiger partial charge in [-0.2, -0.15) is 0 Å². The van der Waals surface area contributed by atoms with E-state index in [0.717, 1.165) is 41.3 Å². The summed E-state index contributed by atoms with van der Waals surface area (Å²) in [5.74, 6) is 1.50. The van der Waals surface area contributed by atoms with Crippen molar-refractivity contribution in [2.45, 2.75) is 17.9 Å². The number of methoxy groups -OCH3 is 2. The van der Waals surface area contributed by atoms with Crippen LogP contribution in [0.5, 0.6) is 11.5 Å². The van der Waals surface area contributed by atoms with Crippen molar-refractivity contribution >= 4 is 11.6 Å². The number of hydrogen-bond acceptors (Lipinski definition) is 4. The molecule has 0 aliphatic carbocycles. The van der Waals surface area contributed by atoms with Gasteiger partial charge in [0, 0.05) is 11.8 Å². The van der Waals surface area contributed by atoms with Crippen molar-refractivity contribution in [2.75, 3.05) is 26.1 Å². The summed E-state index contributed by atoms with van der Waals surface area (Å²) in [6.45, 7) is 0.784. The Morgan fingerprint density at radius 1 is 1.08 bits per heavy atom. The van der Waals surface area contributed by atoms with Gasteiger partial charge in [0.15, 0.2) is 0 Å². The highest BCUT2D eigenvalue weighted by Gasteiger charge is 2.55. The normalized spacial score (nSPS) is 24.8. The predicted octanol–water partition coefficient (Wildman–Crippen LogP) is 2.63. The summed E-state index contributed by atoms with van der Waals surface area (Å²) in [5.41, 5.74) is 2.38. The van der Waals surface area contributed by atoms with E-state index in [-0.39, 0.29) is 11.9 Å². The number of carbonyl (C=O) groups is 1. The van der Waals surface area contributed by atoms with Crippen LogP contribution in [0.2, 0.25) is 0 Å². The minimum Gasteiger partial charge on any atom is -0.497 e. The number of ether oxygens (including phenoxy) is 2. The minimum absolute atomic E-state index is 0.0560. The van der Waals surface area contributed by atoms with Crippen LogP contribution in [0, 0.1) is 0 Å². The zero-order valence-corrected chi connectivity index (χ0v) is 13.8. The summed E-state index contributed by atoms with van der Waals surface area (Å²) in [5, 5.41) is 6.55. The Labute approximate surface area is 141 Å². The first-order valence-corrected chi connectivity index (χ1v) is 8.06. The van der Waals surface area contributed by atoms with Crippen molar-refractivity contribution in [3.05, 3.63) is 53.6 Å². The van der Waals surface area contributed by atoms with Crippen molar-refractivity contribution in [1.82, 2.24) is 5.32 Å². The van der Waals surface area contributed by atoms with Crippen LogP contribution in [0.1, 0.15) is 23.6 Å². The summed E-state index contributed by atoms with van der Waals surface area (Å²) >= 11 is 0. The average molecular weight is 324 g/mol. The second-order valence-corrected chi connectivity index (χ2v) is 6.25. The van der Waals surface area contributed by atoms with Crippen LogP contribution >= 0.6 is 0 Å². The second-order valence-electron chi connectivity index (χ2n) is 6.25. The van der Waals surface area contributed by atoms with E-state index in [9.17, 15) is 4.79 Å². The maximum Gasteiger partial charge on any atom is 0.237 e. The van der Waals surface area contributed by atoms with Gasteiger partial charge in [-0.1, -0.05) is 18.2 Å². The number of fused-ring (bicyclic) bond motifs is 2. The molecule has 1 saturated heterocycles. The molecule has 2 N–H and O–H groups in total. The summed E-state index contributed by atoms with van der Waals surface area (Å²) in [4.78, 5) is 12.9. The Balaban J connectivity index is 1.86. The molecule has 1 amide bonds. The van der Waals surface area contributed by atoms with E-state index in [4.69, 9.17) is 9.47 Å².